The summed E-state index contributed by atoms with van der Waals surface area (Å²) in [6.07, 6.45) is 2.78. The zero-order valence-electron chi connectivity index (χ0n) is 12.8. The standard InChI is InChI=1S/C16H22N4O/c1-4-6-14-18-15(20-19-14)16(21)17-11(3)13-9-7-12(5-2)8-10-13/h7-11H,4-6H2,1-3H3,(H,17,21)(H,18,19,20). The molecular weight excluding hydrogens is 264 g/mol. The SMILES string of the molecule is CCCc1nc(C(=O)NC(C)c2ccc(CC)cc2)n[nH]1. The largest absolute Gasteiger partial charge is 0.343 e. The van der Waals surface area contributed by atoms with Crippen LogP contribution in [0.4, 0.5) is 0 Å². The molecule has 1 unspecified atom stereocenters. The monoisotopic (exact) mass is 286 g/mol. The molecule has 0 radical (unpaired) electrons. The van der Waals surface area contributed by atoms with Gasteiger partial charge in [-0.25, -0.2) is 4.98 Å². The Kier molecular flexibility index (Phi) is 5.09. The quantitative estimate of drug-likeness (QED) is 0.857. The summed E-state index contributed by atoms with van der Waals surface area (Å²) in [7, 11) is 0. The van der Waals surface area contributed by atoms with Crippen LogP contribution in [-0.4, -0.2) is 21.1 Å². The fourth-order valence-corrected chi connectivity index (χ4v) is 2.13. The summed E-state index contributed by atoms with van der Waals surface area (Å²) in [6, 6.07) is 8.19. The molecule has 1 aromatic carbocycles. The van der Waals surface area contributed by atoms with Crippen LogP contribution in [0.2, 0.25) is 0 Å². The first-order chi connectivity index (χ1) is 10.1. The van der Waals surface area contributed by atoms with E-state index in [9.17, 15) is 4.79 Å². The third kappa shape index (κ3) is 3.90. The Morgan fingerprint density at radius 1 is 1.29 bits per heavy atom. The zero-order valence-corrected chi connectivity index (χ0v) is 12.8. The number of hydrogen-bond acceptors (Lipinski definition) is 3. The molecule has 0 saturated carbocycles. The number of carbonyl (C=O) groups is 1. The highest BCUT2D eigenvalue weighted by atomic mass is 16.2. The molecule has 0 fully saturated rings. The molecule has 0 aliphatic heterocycles. The third-order valence-corrected chi connectivity index (χ3v) is 3.46. The maximum Gasteiger partial charge on any atom is 0.291 e. The Bertz CT molecular complexity index is 589. The van der Waals surface area contributed by atoms with Crippen molar-refractivity contribution in [2.45, 2.75) is 46.1 Å². The van der Waals surface area contributed by atoms with Crippen LogP contribution >= 0.6 is 0 Å². The number of amides is 1. The predicted molar refractivity (Wildman–Crippen MR) is 82.1 cm³/mol. The van der Waals surface area contributed by atoms with E-state index in [4.69, 9.17) is 0 Å². The van der Waals surface area contributed by atoms with Gasteiger partial charge in [-0.15, -0.1) is 5.10 Å². The molecule has 2 rings (SSSR count). The first-order valence-electron chi connectivity index (χ1n) is 7.45. The second kappa shape index (κ2) is 7.02. The Morgan fingerprint density at radius 3 is 2.62 bits per heavy atom. The number of hydrogen-bond donors (Lipinski definition) is 2. The van der Waals surface area contributed by atoms with E-state index in [2.05, 4.69) is 46.5 Å². The van der Waals surface area contributed by atoms with E-state index in [0.717, 1.165) is 30.7 Å². The molecule has 2 aromatic rings. The van der Waals surface area contributed by atoms with E-state index >= 15 is 0 Å². The average Bonchev–Trinajstić information content (AvgIpc) is 2.96. The molecule has 0 saturated heterocycles. The van der Waals surface area contributed by atoms with Crippen LogP contribution in [0.3, 0.4) is 0 Å². The minimum absolute atomic E-state index is 0.0727. The zero-order chi connectivity index (χ0) is 15.2. The van der Waals surface area contributed by atoms with Gasteiger partial charge in [-0.3, -0.25) is 9.89 Å². The van der Waals surface area contributed by atoms with Crippen molar-refractivity contribution in [3.05, 3.63) is 47.0 Å². The molecule has 0 aliphatic rings. The number of nitrogens with zero attached hydrogens (tertiary/aromatic N) is 2. The highest BCUT2D eigenvalue weighted by Crippen LogP contribution is 2.14. The molecule has 1 aromatic heterocycles. The number of nitrogens with one attached hydrogen (secondary N) is 2. The number of benzene rings is 1. The molecular formula is C16H22N4O. The van der Waals surface area contributed by atoms with Gasteiger partial charge in [-0.05, 0) is 30.9 Å². The molecule has 21 heavy (non-hydrogen) atoms. The second-order valence-electron chi connectivity index (χ2n) is 5.15. The highest BCUT2D eigenvalue weighted by molar-refractivity contribution is 5.90. The molecule has 5 heteroatoms. The fraction of sp³-hybridized carbons (Fsp3) is 0.438. The lowest BCUT2D eigenvalue weighted by atomic mass is 10.1. The first-order valence-corrected chi connectivity index (χ1v) is 7.45. The molecule has 1 amide bonds. The van der Waals surface area contributed by atoms with Gasteiger partial charge in [0.1, 0.15) is 5.82 Å². The van der Waals surface area contributed by atoms with E-state index in [1.807, 2.05) is 19.1 Å². The van der Waals surface area contributed by atoms with Crippen molar-refractivity contribution >= 4 is 5.91 Å². The van der Waals surface area contributed by atoms with Gasteiger partial charge < -0.3 is 5.32 Å². The van der Waals surface area contributed by atoms with Gasteiger partial charge in [0, 0.05) is 6.42 Å². The summed E-state index contributed by atoms with van der Waals surface area (Å²) in [5.74, 6) is 0.707. The number of aromatic nitrogens is 3. The lowest BCUT2D eigenvalue weighted by Gasteiger charge is -2.13. The minimum atomic E-state index is -0.249. The maximum absolute atomic E-state index is 12.1. The summed E-state index contributed by atoms with van der Waals surface area (Å²) < 4.78 is 0. The van der Waals surface area contributed by atoms with Crippen LogP contribution in [0.1, 0.15) is 60.8 Å². The van der Waals surface area contributed by atoms with E-state index in [0.29, 0.717) is 0 Å². The van der Waals surface area contributed by atoms with Crippen molar-refractivity contribution in [2.75, 3.05) is 0 Å². The van der Waals surface area contributed by atoms with Gasteiger partial charge in [0.2, 0.25) is 5.82 Å². The molecule has 0 bridgehead atoms. The van der Waals surface area contributed by atoms with Crippen molar-refractivity contribution < 1.29 is 4.79 Å². The molecule has 112 valence electrons. The molecule has 5 nitrogen and oxygen atoms in total. The van der Waals surface area contributed by atoms with Gasteiger partial charge in [0.15, 0.2) is 0 Å². The number of rotatable bonds is 6. The maximum atomic E-state index is 12.1. The minimum Gasteiger partial charge on any atom is -0.343 e. The van der Waals surface area contributed by atoms with E-state index in [1.54, 1.807) is 0 Å². The smallest absolute Gasteiger partial charge is 0.291 e. The van der Waals surface area contributed by atoms with Crippen LogP contribution < -0.4 is 5.32 Å². The van der Waals surface area contributed by atoms with Crippen molar-refractivity contribution in [1.82, 2.24) is 20.5 Å². The summed E-state index contributed by atoms with van der Waals surface area (Å²) in [5, 5.41) is 9.68. The summed E-state index contributed by atoms with van der Waals surface area (Å²) in [4.78, 5) is 16.3. The van der Waals surface area contributed by atoms with Crippen molar-refractivity contribution in [1.29, 1.82) is 0 Å². The van der Waals surface area contributed by atoms with Gasteiger partial charge in [0.05, 0.1) is 6.04 Å². The van der Waals surface area contributed by atoms with Crippen LogP contribution in [-0.2, 0) is 12.8 Å². The van der Waals surface area contributed by atoms with Gasteiger partial charge in [0.25, 0.3) is 5.91 Å². The van der Waals surface area contributed by atoms with E-state index in [1.165, 1.54) is 5.56 Å². The normalized spacial score (nSPS) is 12.1. The lowest BCUT2D eigenvalue weighted by Crippen LogP contribution is -2.27. The number of H-pyrrole nitrogens is 1. The van der Waals surface area contributed by atoms with Crippen molar-refractivity contribution in [3.8, 4) is 0 Å². The first kappa shape index (κ1) is 15.2. The summed E-state index contributed by atoms with van der Waals surface area (Å²) >= 11 is 0. The number of aryl methyl sites for hydroxylation is 2. The van der Waals surface area contributed by atoms with Gasteiger partial charge >= 0.3 is 0 Å². The molecule has 2 N–H and O–H groups in total. The van der Waals surface area contributed by atoms with E-state index < -0.39 is 0 Å². The third-order valence-electron chi connectivity index (χ3n) is 3.46. The summed E-state index contributed by atoms with van der Waals surface area (Å²) in [6.45, 7) is 6.14. The Morgan fingerprint density at radius 2 is 2.00 bits per heavy atom. The predicted octanol–water partition coefficient (Wildman–Crippen LogP) is 2.81. The van der Waals surface area contributed by atoms with Crippen LogP contribution in [0.25, 0.3) is 0 Å². The Labute approximate surface area is 125 Å². The second-order valence-corrected chi connectivity index (χ2v) is 5.15. The molecule has 1 heterocycles. The molecule has 0 spiro atoms. The van der Waals surface area contributed by atoms with Crippen molar-refractivity contribution in [2.24, 2.45) is 0 Å². The van der Waals surface area contributed by atoms with Gasteiger partial charge in [-0.2, -0.15) is 0 Å². The van der Waals surface area contributed by atoms with Crippen LogP contribution in [0, 0.1) is 0 Å². The molecule has 1 atom stereocenters. The van der Waals surface area contributed by atoms with Gasteiger partial charge in [-0.1, -0.05) is 38.1 Å². The Hall–Kier alpha value is -2.17. The topological polar surface area (TPSA) is 70.7 Å². The highest BCUT2D eigenvalue weighted by Gasteiger charge is 2.15. The van der Waals surface area contributed by atoms with E-state index in [-0.39, 0.29) is 17.8 Å². The fourth-order valence-electron chi connectivity index (χ4n) is 2.13. The molecule has 0 aliphatic carbocycles. The number of aromatic amines is 1. The van der Waals surface area contributed by atoms with Crippen molar-refractivity contribution in [3.63, 3.8) is 0 Å². The van der Waals surface area contributed by atoms with Crippen LogP contribution in [0.15, 0.2) is 24.3 Å². The van der Waals surface area contributed by atoms with Crippen LogP contribution in [0.5, 0.6) is 0 Å². The summed E-state index contributed by atoms with van der Waals surface area (Å²) in [5.41, 5.74) is 2.36. The number of carbonyl (C=O) groups excluding carboxylic acids is 1. The lowest BCUT2D eigenvalue weighted by molar-refractivity contribution is 0.0929. The Balaban J connectivity index is 1.99. The average molecular weight is 286 g/mol.